The third kappa shape index (κ3) is 3.32. The Hall–Kier alpha value is -0.857. The van der Waals surface area contributed by atoms with Crippen molar-refractivity contribution in [2.24, 2.45) is 0 Å². The zero-order valence-corrected chi connectivity index (χ0v) is 15.2. The van der Waals surface area contributed by atoms with Crippen LogP contribution in [0.4, 0.5) is 0 Å². The molecule has 107 valence electrons. The van der Waals surface area contributed by atoms with Gasteiger partial charge in [0.2, 0.25) is 0 Å². The molecule has 0 nitrogen and oxygen atoms in total. The van der Waals surface area contributed by atoms with E-state index < -0.39 is 6.95 Å². The van der Waals surface area contributed by atoms with E-state index in [1.807, 2.05) is 0 Å². The summed E-state index contributed by atoms with van der Waals surface area (Å²) in [5.74, 6) is 0. The van der Waals surface area contributed by atoms with Crippen LogP contribution in [0.5, 0.6) is 0 Å². The fourth-order valence-electron chi connectivity index (χ4n) is 2.44. The summed E-state index contributed by atoms with van der Waals surface area (Å²) in [6.07, 6.45) is 0. The van der Waals surface area contributed by atoms with Gasteiger partial charge < -0.3 is 0 Å². The SMILES string of the molecule is P[P+](c1ccccc1)(c1ccccc1)c1ccccc1.[Rh]. The fourth-order valence-corrected chi connectivity index (χ4v) is 6.81. The molecule has 0 spiro atoms. The van der Waals surface area contributed by atoms with Gasteiger partial charge in [-0.1, -0.05) is 54.6 Å². The van der Waals surface area contributed by atoms with E-state index in [1.165, 1.54) is 15.9 Å². The van der Waals surface area contributed by atoms with Crippen molar-refractivity contribution in [3.05, 3.63) is 91.0 Å². The Morgan fingerprint density at radius 3 is 0.952 bits per heavy atom. The first-order valence-corrected chi connectivity index (χ1v) is 10.1. The Kier molecular flexibility index (Phi) is 5.83. The third-order valence-corrected chi connectivity index (χ3v) is 9.51. The van der Waals surface area contributed by atoms with Gasteiger partial charge in [-0.25, -0.2) is 0 Å². The zero-order chi connectivity index (χ0) is 13.8. The van der Waals surface area contributed by atoms with Crippen molar-refractivity contribution >= 4 is 31.8 Å². The van der Waals surface area contributed by atoms with Crippen LogP contribution in [0.2, 0.25) is 0 Å². The second kappa shape index (κ2) is 7.42. The average Bonchev–Trinajstić information content (AvgIpc) is 2.56. The molecule has 0 N–H and O–H groups in total. The van der Waals surface area contributed by atoms with E-state index in [-0.39, 0.29) is 19.5 Å². The second-order valence-electron chi connectivity index (χ2n) is 4.73. The molecule has 0 amide bonds. The summed E-state index contributed by atoms with van der Waals surface area (Å²) in [7, 11) is 3.17. The summed E-state index contributed by atoms with van der Waals surface area (Å²) in [5.41, 5.74) is 0. The summed E-state index contributed by atoms with van der Waals surface area (Å²) >= 11 is 0. The maximum absolute atomic E-state index is 3.17. The molecule has 0 bridgehead atoms. The molecule has 1 unspecified atom stereocenters. The topological polar surface area (TPSA) is 0 Å². The standard InChI is InChI=1S/C18H17P2.Rh/c19-20(16-10-4-1-5-11-16,17-12-6-2-7-13-17)18-14-8-3-9-15-18;/h1-15H,19H2;/q+1;. The third-order valence-electron chi connectivity index (χ3n) is 3.49. The molecule has 0 heterocycles. The molecule has 0 aliphatic rings. The van der Waals surface area contributed by atoms with Crippen LogP contribution in [0.25, 0.3) is 0 Å². The van der Waals surface area contributed by atoms with Crippen molar-refractivity contribution in [2.75, 3.05) is 0 Å². The second-order valence-corrected chi connectivity index (χ2v) is 10.0. The normalized spacial score (nSPS) is 10.7. The Morgan fingerprint density at radius 2 is 0.714 bits per heavy atom. The van der Waals surface area contributed by atoms with Gasteiger partial charge in [0.05, 0.1) is 0 Å². The van der Waals surface area contributed by atoms with Gasteiger partial charge in [-0.05, 0) is 36.4 Å². The van der Waals surface area contributed by atoms with Gasteiger partial charge in [0.1, 0.15) is 22.9 Å². The smallest absolute Gasteiger partial charge is 0.0620 e. The van der Waals surface area contributed by atoms with Crippen LogP contribution >= 0.6 is 15.9 Å². The van der Waals surface area contributed by atoms with Crippen LogP contribution < -0.4 is 15.9 Å². The summed E-state index contributed by atoms with van der Waals surface area (Å²) in [5, 5.41) is 4.17. The summed E-state index contributed by atoms with van der Waals surface area (Å²) in [6.45, 7) is -1.61. The van der Waals surface area contributed by atoms with E-state index in [2.05, 4.69) is 99.9 Å². The zero-order valence-electron chi connectivity index (χ0n) is 11.5. The Bertz CT molecular complexity index is 573. The first kappa shape index (κ1) is 16.5. The first-order valence-electron chi connectivity index (χ1n) is 6.66. The quantitative estimate of drug-likeness (QED) is 0.466. The minimum Gasteiger partial charge on any atom is -0.0620 e. The minimum absolute atomic E-state index is 0. The maximum atomic E-state index is 3.17. The predicted molar refractivity (Wildman–Crippen MR) is 94.9 cm³/mol. The van der Waals surface area contributed by atoms with E-state index in [9.17, 15) is 0 Å². The molecule has 1 radical (unpaired) electrons. The van der Waals surface area contributed by atoms with Gasteiger partial charge in [0.15, 0.2) is 0 Å². The van der Waals surface area contributed by atoms with Gasteiger partial charge in [0, 0.05) is 28.4 Å². The predicted octanol–water partition coefficient (Wildman–Crippen LogP) is 3.77. The number of hydrogen-bond donors (Lipinski definition) is 0. The molecule has 3 aromatic carbocycles. The minimum atomic E-state index is -1.61. The van der Waals surface area contributed by atoms with Crippen LogP contribution in [-0.4, -0.2) is 0 Å². The average molecular weight is 398 g/mol. The van der Waals surface area contributed by atoms with Crippen LogP contribution in [0.15, 0.2) is 91.0 Å². The molecule has 1 atom stereocenters. The largest absolute Gasteiger partial charge is 0.124 e. The molecule has 21 heavy (non-hydrogen) atoms. The molecule has 3 aromatic rings. The Morgan fingerprint density at radius 1 is 0.476 bits per heavy atom. The van der Waals surface area contributed by atoms with Crippen molar-refractivity contribution in [2.45, 2.75) is 0 Å². The van der Waals surface area contributed by atoms with Crippen LogP contribution in [-0.2, 0) is 19.5 Å². The fraction of sp³-hybridized carbons (Fsp3) is 0. The van der Waals surface area contributed by atoms with Crippen molar-refractivity contribution < 1.29 is 19.5 Å². The van der Waals surface area contributed by atoms with Crippen molar-refractivity contribution in [1.29, 1.82) is 0 Å². The first-order chi connectivity index (χ1) is 9.82. The molecular formula is C18H17P2Rh+. The molecule has 0 fully saturated rings. The molecule has 0 saturated carbocycles. The van der Waals surface area contributed by atoms with Gasteiger partial charge >= 0.3 is 0 Å². The van der Waals surface area contributed by atoms with Gasteiger partial charge in [-0.3, -0.25) is 0 Å². The number of hydrogen-bond acceptors (Lipinski definition) is 0. The molecule has 3 rings (SSSR count). The Labute approximate surface area is 142 Å². The number of benzene rings is 3. The van der Waals surface area contributed by atoms with Gasteiger partial charge in [-0.15, -0.1) is 0 Å². The molecule has 3 heteroatoms. The van der Waals surface area contributed by atoms with E-state index in [1.54, 1.807) is 0 Å². The van der Waals surface area contributed by atoms with E-state index >= 15 is 0 Å². The molecule has 0 aliphatic carbocycles. The number of rotatable bonds is 3. The maximum Gasteiger partial charge on any atom is 0.124 e. The van der Waals surface area contributed by atoms with Gasteiger partial charge in [-0.2, -0.15) is 0 Å². The van der Waals surface area contributed by atoms with Crippen molar-refractivity contribution in [3.63, 3.8) is 0 Å². The molecule has 0 aliphatic heterocycles. The van der Waals surface area contributed by atoms with E-state index in [4.69, 9.17) is 0 Å². The monoisotopic (exact) mass is 398 g/mol. The van der Waals surface area contributed by atoms with Crippen molar-refractivity contribution in [3.8, 4) is 0 Å². The van der Waals surface area contributed by atoms with Crippen molar-refractivity contribution in [1.82, 2.24) is 0 Å². The Balaban J connectivity index is 0.00000161. The van der Waals surface area contributed by atoms with E-state index in [0.29, 0.717) is 0 Å². The summed E-state index contributed by atoms with van der Waals surface area (Å²) < 4.78 is 0. The van der Waals surface area contributed by atoms with Crippen LogP contribution in [0, 0.1) is 0 Å². The molecule has 0 saturated heterocycles. The molecular weight excluding hydrogens is 381 g/mol. The summed E-state index contributed by atoms with van der Waals surface area (Å²) in [6, 6.07) is 32.4. The molecule has 0 aromatic heterocycles. The summed E-state index contributed by atoms with van der Waals surface area (Å²) in [4.78, 5) is 0. The van der Waals surface area contributed by atoms with E-state index in [0.717, 1.165) is 0 Å². The van der Waals surface area contributed by atoms with Crippen LogP contribution in [0.3, 0.4) is 0 Å². The van der Waals surface area contributed by atoms with Gasteiger partial charge in [0.25, 0.3) is 0 Å². The van der Waals surface area contributed by atoms with Crippen LogP contribution in [0.1, 0.15) is 0 Å².